The number of amides is 3. The van der Waals surface area contributed by atoms with Crippen LogP contribution in [0.15, 0.2) is 22.8 Å². The first-order valence-corrected chi connectivity index (χ1v) is 7.00. The third kappa shape index (κ3) is 2.31. The number of carbonyl (C=O) groups excluding carboxylic acids is 2. The summed E-state index contributed by atoms with van der Waals surface area (Å²) < 4.78 is 5.51. The van der Waals surface area contributed by atoms with E-state index in [1.54, 1.807) is 13.3 Å². The van der Waals surface area contributed by atoms with Gasteiger partial charge >= 0.3 is 6.03 Å². The molecule has 20 heavy (non-hydrogen) atoms. The highest BCUT2D eigenvalue weighted by atomic mass is 16.3. The first-order valence-electron chi connectivity index (χ1n) is 7.00. The van der Waals surface area contributed by atoms with Crippen molar-refractivity contribution in [2.75, 3.05) is 33.2 Å². The van der Waals surface area contributed by atoms with E-state index < -0.39 is 0 Å². The molecule has 0 N–H and O–H groups in total. The molecule has 2 fully saturated rings. The molecule has 2 saturated heterocycles. The second-order valence-corrected chi connectivity index (χ2v) is 5.42. The smallest absolute Gasteiger partial charge is 0.327 e. The fourth-order valence-corrected chi connectivity index (χ4v) is 2.94. The highest BCUT2D eigenvalue weighted by Crippen LogP contribution is 2.27. The molecular formula is C14H19N3O3. The molecule has 1 aromatic heterocycles. The molecule has 1 aromatic rings. The lowest BCUT2D eigenvalue weighted by Crippen LogP contribution is -2.40. The van der Waals surface area contributed by atoms with Gasteiger partial charge in [-0.05, 0) is 38.1 Å². The SMILES string of the molecule is CN1CC(=O)N(C[C@@H](c2ccco2)N2CCCC2)C1=O. The Kier molecular flexibility index (Phi) is 3.48. The minimum Gasteiger partial charge on any atom is -0.468 e. The van der Waals surface area contributed by atoms with Gasteiger partial charge in [-0.2, -0.15) is 0 Å². The fraction of sp³-hybridized carbons (Fsp3) is 0.571. The number of nitrogens with zero attached hydrogens (tertiary/aromatic N) is 3. The van der Waals surface area contributed by atoms with Crippen molar-refractivity contribution in [2.24, 2.45) is 0 Å². The number of likely N-dealkylation sites (N-methyl/N-ethyl adjacent to an activating group) is 1. The molecule has 0 spiro atoms. The van der Waals surface area contributed by atoms with Crippen LogP contribution >= 0.6 is 0 Å². The molecule has 6 nitrogen and oxygen atoms in total. The summed E-state index contributed by atoms with van der Waals surface area (Å²) in [5.41, 5.74) is 0. The average Bonchev–Trinajstić information content (AvgIpc) is 3.14. The molecule has 0 aromatic carbocycles. The number of likely N-dealkylation sites (tertiary alicyclic amines) is 1. The van der Waals surface area contributed by atoms with Crippen molar-refractivity contribution in [3.8, 4) is 0 Å². The van der Waals surface area contributed by atoms with Crippen LogP contribution < -0.4 is 0 Å². The van der Waals surface area contributed by atoms with Crippen LogP contribution in [0.25, 0.3) is 0 Å². The lowest BCUT2D eigenvalue weighted by Gasteiger charge is -2.28. The highest BCUT2D eigenvalue weighted by Gasteiger charge is 2.37. The molecule has 0 saturated carbocycles. The molecule has 3 amide bonds. The van der Waals surface area contributed by atoms with Gasteiger partial charge in [0.2, 0.25) is 5.91 Å². The molecule has 0 bridgehead atoms. The number of furan rings is 1. The zero-order valence-corrected chi connectivity index (χ0v) is 11.6. The number of rotatable bonds is 4. The predicted octanol–water partition coefficient (Wildman–Crippen LogP) is 1.31. The van der Waals surface area contributed by atoms with Crippen LogP contribution in [0.4, 0.5) is 4.79 Å². The summed E-state index contributed by atoms with van der Waals surface area (Å²) in [5.74, 6) is 0.690. The molecule has 3 rings (SSSR count). The van der Waals surface area contributed by atoms with E-state index in [0.29, 0.717) is 6.54 Å². The van der Waals surface area contributed by atoms with Crippen molar-refractivity contribution in [2.45, 2.75) is 18.9 Å². The van der Waals surface area contributed by atoms with E-state index >= 15 is 0 Å². The lowest BCUT2D eigenvalue weighted by atomic mass is 10.2. The van der Waals surface area contributed by atoms with E-state index in [4.69, 9.17) is 4.42 Å². The van der Waals surface area contributed by atoms with E-state index in [2.05, 4.69) is 4.90 Å². The normalized spacial score (nSPS) is 22.1. The van der Waals surface area contributed by atoms with Crippen molar-refractivity contribution in [1.29, 1.82) is 0 Å². The van der Waals surface area contributed by atoms with E-state index in [9.17, 15) is 9.59 Å². The van der Waals surface area contributed by atoms with Crippen LogP contribution in [-0.2, 0) is 4.79 Å². The maximum atomic E-state index is 12.0. The van der Waals surface area contributed by atoms with Crippen LogP contribution in [0, 0.1) is 0 Å². The third-order valence-electron chi connectivity index (χ3n) is 4.04. The molecule has 2 aliphatic heterocycles. The Bertz CT molecular complexity index is 494. The molecule has 3 heterocycles. The molecule has 108 valence electrons. The van der Waals surface area contributed by atoms with Crippen molar-refractivity contribution in [3.05, 3.63) is 24.2 Å². The summed E-state index contributed by atoms with van der Waals surface area (Å²) in [4.78, 5) is 29.0. The minimum absolute atomic E-state index is 0.0353. The van der Waals surface area contributed by atoms with Crippen LogP contribution in [-0.4, -0.2) is 59.9 Å². The van der Waals surface area contributed by atoms with Crippen molar-refractivity contribution in [3.63, 3.8) is 0 Å². The molecule has 0 unspecified atom stereocenters. The fourth-order valence-electron chi connectivity index (χ4n) is 2.94. The van der Waals surface area contributed by atoms with Gasteiger partial charge in [-0.3, -0.25) is 14.6 Å². The largest absolute Gasteiger partial charge is 0.468 e. The second-order valence-electron chi connectivity index (χ2n) is 5.42. The van der Waals surface area contributed by atoms with Gasteiger partial charge in [0.15, 0.2) is 0 Å². The molecule has 6 heteroatoms. The van der Waals surface area contributed by atoms with E-state index in [1.165, 1.54) is 9.80 Å². The minimum atomic E-state index is -0.217. The summed E-state index contributed by atoms with van der Waals surface area (Å²) in [7, 11) is 1.65. The van der Waals surface area contributed by atoms with Crippen molar-refractivity contribution < 1.29 is 14.0 Å². The van der Waals surface area contributed by atoms with Gasteiger partial charge in [0.05, 0.1) is 18.8 Å². The number of urea groups is 1. The summed E-state index contributed by atoms with van der Waals surface area (Å²) >= 11 is 0. The summed E-state index contributed by atoms with van der Waals surface area (Å²) in [6.45, 7) is 2.51. The molecule has 0 aliphatic carbocycles. The van der Waals surface area contributed by atoms with Gasteiger partial charge in [-0.25, -0.2) is 4.79 Å². The second kappa shape index (κ2) is 5.28. The van der Waals surface area contributed by atoms with Gasteiger partial charge in [0, 0.05) is 7.05 Å². The summed E-state index contributed by atoms with van der Waals surface area (Å²) in [6.07, 6.45) is 3.94. The summed E-state index contributed by atoms with van der Waals surface area (Å²) in [5, 5.41) is 0. The number of hydrogen-bond acceptors (Lipinski definition) is 4. The maximum absolute atomic E-state index is 12.0. The first kappa shape index (κ1) is 13.2. The Morgan fingerprint density at radius 1 is 1.30 bits per heavy atom. The average molecular weight is 277 g/mol. The topological polar surface area (TPSA) is 57.0 Å². The van der Waals surface area contributed by atoms with Gasteiger partial charge in [0.25, 0.3) is 0 Å². The van der Waals surface area contributed by atoms with Gasteiger partial charge in [-0.1, -0.05) is 0 Å². The molecular weight excluding hydrogens is 258 g/mol. The highest BCUT2D eigenvalue weighted by molar-refractivity contribution is 6.01. The summed E-state index contributed by atoms with van der Waals surface area (Å²) in [6, 6.07) is 3.51. The lowest BCUT2D eigenvalue weighted by molar-refractivity contribution is -0.125. The van der Waals surface area contributed by atoms with Crippen LogP contribution in [0.1, 0.15) is 24.6 Å². The zero-order valence-electron chi connectivity index (χ0n) is 11.6. The molecule has 0 radical (unpaired) electrons. The molecule has 1 atom stereocenters. The van der Waals surface area contributed by atoms with Crippen LogP contribution in [0.5, 0.6) is 0 Å². The van der Waals surface area contributed by atoms with Gasteiger partial charge < -0.3 is 9.32 Å². The number of imide groups is 1. The first-order chi connectivity index (χ1) is 9.66. The molecule has 2 aliphatic rings. The Balaban J connectivity index is 1.80. The van der Waals surface area contributed by atoms with Crippen LogP contribution in [0.2, 0.25) is 0 Å². The van der Waals surface area contributed by atoms with Gasteiger partial charge in [-0.15, -0.1) is 0 Å². The Hall–Kier alpha value is -1.82. The maximum Gasteiger partial charge on any atom is 0.327 e. The van der Waals surface area contributed by atoms with E-state index in [-0.39, 0.29) is 24.5 Å². The van der Waals surface area contributed by atoms with E-state index in [0.717, 1.165) is 31.7 Å². The Morgan fingerprint density at radius 2 is 2.05 bits per heavy atom. The quantitative estimate of drug-likeness (QED) is 0.779. The standard InChI is InChI=1S/C14H19N3O3/c1-15-10-13(18)17(14(15)19)9-11(12-5-4-8-20-12)16-6-2-3-7-16/h4-5,8,11H,2-3,6-7,9-10H2,1H3/t11-/m0/s1. The third-order valence-corrected chi connectivity index (χ3v) is 4.04. The predicted molar refractivity (Wildman–Crippen MR) is 72.0 cm³/mol. The zero-order chi connectivity index (χ0) is 14.1. The number of hydrogen-bond donors (Lipinski definition) is 0. The van der Waals surface area contributed by atoms with Crippen LogP contribution in [0.3, 0.4) is 0 Å². The van der Waals surface area contributed by atoms with Crippen molar-refractivity contribution in [1.82, 2.24) is 14.7 Å². The Morgan fingerprint density at radius 3 is 2.60 bits per heavy atom. The number of carbonyl (C=O) groups is 2. The Labute approximate surface area is 117 Å². The van der Waals surface area contributed by atoms with E-state index in [1.807, 2.05) is 12.1 Å². The van der Waals surface area contributed by atoms with Crippen molar-refractivity contribution >= 4 is 11.9 Å². The monoisotopic (exact) mass is 277 g/mol. The van der Waals surface area contributed by atoms with Gasteiger partial charge in [0.1, 0.15) is 12.3 Å².